The summed E-state index contributed by atoms with van der Waals surface area (Å²) in [6.45, 7) is 7.53. The van der Waals surface area contributed by atoms with Gasteiger partial charge in [0, 0.05) is 6.61 Å². The molecule has 1 aliphatic heterocycles. The fraction of sp³-hybridized carbons (Fsp3) is 0.909. The Labute approximate surface area is 100 Å². The van der Waals surface area contributed by atoms with Crippen molar-refractivity contribution in [2.24, 2.45) is 5.92 Å². The Hall–Kier alpha value is -0.0900. The Balaban J connectivity index is 2.49. The summed E-state index contributed by atoms with van der Waals surface area (Å²) in [4.78, 5) is 11.7. The molecule has 1 rings (SSSR count). The maximum atomic E-state index is 11.8. The van der Waals surface area contributed by atoms with Gasteiger partial charge in [-0.1, -0.05) is 29.8 Å². The molecule has 0 bridgehead atoms. The number of halogens is 1. The molecule has 0 aliphatic carbocycles. The maximum Gasteiger partial charge on any atom is 0.234 e. The van der Waals surface area contributed by atoms with Gasteiger partial charge in [-0.2, -0.15) is 0 Å². The Morgan fingerprint density at radius 3 is 2.67 bits per heavy atom. The van der Waals surface area contributed by atoms with Crippen LogP contribution < -0.4 is 5.32 Å². The van der Waals surface area contributed by atoms with Crippen molar-refractivity contribution >= 4 is 21.8 Å². The molecule has 1 N–H and O–H groups in total. The summed E-state index contributed by atoms with van der Waals surface area (Å²) in [5.41, 5.74) is -0.184. The quantitative estimate of drug-likeness (QED) is 0.803. The zero-order valence-corrected chi connectivity index (χ0v) is 11.3. The van der Waals surface area contributed by atoms with Crippen LogP contribution in [0.3, 0.4) is 0 Å². The zero-order valence-electron chi connectivity index (χ0n) is 9.68. The van der Waals surface area contributed by atoms with Crippen molar-refractivity contribution in [3.05, 3.63) is 0 Å². The van der Waals surface area contributed by atoms with Crippen LogP contribution in [0.4, 0.5) is 0 Å². The normalized spacial score (nSPS) is 28.9. The number of amides is 1. The Morgan fingerprint density at radius 1 is 1.53 bits per heavy atom. The summed E-state index contributed by atoms with van der Waals surface area (Å²) in [7, 11) is 0. The van der Waals surface area contributed by atoms with E-state index in [2.05, 4.69) is 21.2 Å². The van der Waals surface area contributed by atoms with E-state index >= 15 is 0 Å². The Kier molecular flexibility index (Phi) is 4.59. The summed E-state index contributed by atoms with van der Waals surface area (Å²) >= 11 is 3.41. The van der Waals surface area contributed by atoms with Gasteiger partial charge in [0.1, 0.15) is 0 Å². The Bertz CT molecular complexity index is 225. The first kappa shape index (κ1) is 13.0. The number of alkyl halides is 1. The molecule has 4 heteroatoms. The van der Waals surface area contributed by atoms with E-state index in [9.17, 15) is 4.79 Å². The van der Waals surface area contributed by atoms with E-state index < -0.39 is 0 Å². The van der Waals surface area contributed by atoms with E-state index in [4.69, 9.17) is 4.74 Å². The van der Waals surface area contributed by atoms with Crippen LogP contribution in [0.5, 0.6) is 0 Å². The summed E-state index contributed by atoms with van der Waals surface area (Å²) < 4.78 is 5.40. The van der Waals surface area contributed by atoms with Crippen LogP contribution in [-0.4, -0.2) is 29.5 Å². The number of carbonyl (C=O) groups is 1. The van der Waals surface area contributed by atoms with E-state index in [1.54, 1.807) is 0 Å². The van der Waals surface area contributed by atoms with Crippen molar-refractivity contribution in [3.63, 3.8) is 0 Å². The van der Waals surface area contributed by atoms with Crippen LogP contribution in [0.1, 0.15) is 33.6 Å². The summed E-state index contributed by atoms with van der Waals surface area (Å²) in [6.07, 6.45) is 2.02. The van der Waals surface area contributed by atoms with Gasteiger partial charge in [0.2, 0.25) is 5.91 Å². The Morgan fingerprint density at radius 2 is 2.20 bits per heavy atom. The van der Waals surface area contributed by atoms with Gasteiger partial charge in [-0.05, 0) is 25.7 Å². The van der Waals surface area contributed by atoms with Gasteiger partial charge < -0.3 is 10.1 Å². The lowest BCUT2D eigenvalue weighted by Gasteiger charge is -2.35. The van der Waals surface area contributed by atoms with Gasteiger partial charge in [0.15, 0.2) is 0 Å². The van der Waals surface area contributed by atoms with E-state index in [-0.39, 0.29) is 16.3 Å². The average molecular weight is 278 g/mol. The monoisotopic (exact) mass is 277 g/mol. The molecule has 0 aromatic carbocycles. The maximum absolute atomic E-state index is 11.8. The van der Waals surface area contributed by atoms with E-state index in [0.717, 1.165) is 19.4 Å². The highest BCUT2D eigenvalue weighted by Crippen LogP contribution is 2.20. The molecule has 3 nitrogen and oxygen atoms in total. The van der Waals surface area contributed by atoms with Crippen molar-refractivity contribution in [3.8, 4) is 0 Å². The molecular formula is C11H20BrNO2. The molecule has 1 aliphatic rings. The highest BCUT2D eigenvalue weighted by atomic mass is 79.9. The fourth-order valence-electron chi connectivity index (χ4n) is 1.70. The van der Waals surface area contributed by atoms with Crippen LogP contribution >= 0.6 is 15.9 Å². The van der Waals surface area contributed by atoms with Gasteiger partial charge >= 0.3 is 0 Å². The van der Waals surface area contributed by atoms with Crippen molar-refractivity contribution in [2.45, 2.75) is 44.0 Å². The summed E-state index contributed by atoms with van der Waals surface area (Å²) in [5.74, 6) is 0.371. The molecule has 1 amide bonds. The molecule has 1 saturated heterocycles. The number of hydrogen-bond donors (Lipinski definition) is 1. The largest absolute Gasteiger partial charge is 0.379 e. The van der Waals surface area contributed by atoms with Gasteiger partial charge in [-0.3, -0.25) is 4.79 Å². The lowest BCUT2D eigenvalue weighted by molar-refractivity contribution is -0.124. The van der Waals surface area contributed by atoms with E-state index in [1.165, 1.54) is 0 Å². The molecule has 0 radical (unpaired) electrons. The van der Waals surface area contributed by atoms with Crippen molar-refractivity contribution < 1.29 is 9.53 Å². The summed E-state index contributed by atoms with van der Waals surface area (Å²) in [6, 6.07) is 0. The zero-order chi connectivity index (χ0) is 11.5. The molecular weight excluding hydrogens is 258 g/mol. The molecule has 88 valence electrons. The topological polar surface area (TPSA) is 38.3 Å². The minimum atomic E-state index is -0.184. The second-order valence-electron chi connectivity index (χ2n) is 4.85. The number of rotatable bonds is 3. The average Bonchev–Trinajstić information content (AvgIpc) is 2.16. The first-order valence-electron chi connectivity index (χ1n) is 5.48. The fourth-order valence-corrected chi connectivity index (χ4v) is 1.82. The third kappa shape index (κ3) is 3.76. The van der Waals surface area contributed by atoms with Crippen LogP contribution in [0, 0.1) is 5.92 Å². The molecule has 2 atom stereocenters. The minimum Gasteiger partial charge on any atom is -0.379 e. The number of ether oxygens (including phenoxy) is 1. The van der Waals surface area contributed by atoms with Crippen LogP contribution in [0.2, 0.25) is 0 Å². The predicted octanol–water partition coefficient (Wildman–Crippen LogP) is 2.09. The molecule has 2 unspecified atom stereocenters. The SMILES string of the molecule is CC(C)C(Br)C(=O)NC1(C)CCCOC1. The van der Waals surface area contributed by atoms with Gasteiger partial charge in [0.25, 0.3) is 0 Å². The molecule has 0 spiro atoms. The molecule has 1 heterocycles. The third-order valence-corrected chi connectivity index (χ3v) is 4.17. The van der Waals surface area contributed by atoms with Crippen LogP contribution in [0.25, 0.3) is 0 Å². The second kappa shape index (κ2) is 5.30. The van der Waals surface area contributed by atoms with E-state index in [0.29, 0.717) is 12.5 Å². The second-order valence-corrected chi connectivity index (χ2v) is 5.84. The van der Waals surface area contributed by atoms with Crippen molar-refractivity contribution in [2.75, 3.05) is 13.2 Å². The molecule has 0 saturated carbocycles. The van der Waals surface area contributed by atoms with Gasteiger partial charge in [0.05, 0.1) is 17.0 Å². The minimum absolute atomic E-state index is 0.0676. The number of nitrogens with one attached hydrogen (secondary N) is 1. The van der Waals surface area contributed by atoms with Gasteiger partial charge in [-0.15, -0.1) is 0 Å². The number of carbonyl (C=O) groups excluding carboxylic acids is 1. The first-order valence-corrected chi connectivity index (χ1v) is 6.40. The third-order valence-electron chi connectivity index (χ3n) is 2.70. The molecule has 0 aromatic rings. The molecule has 1 fully saturated rings. The highest BCUT2D eigenvalue weighted by molar-refractivity contribution is 9.10. The van der Waals surface area contributed by atoms with Gasteiger partial charge in [-0.25, -0.2) is 0 Å². The first-order chi connectivity index (χ1) is 6.94. The molecule has 0 aromatic heterocycles. The van der Waals surface area contributed by atoms with Crippen LogP contribution in [-0.2, 0) is 9.53 Å². The van der Waals surface area contributed by atoms with E-state index in [1.807, 2.05) is 20.8 Å². The van der Waals surface area contributed by atoms with Crippen molar-refractivity contribution in [1.82, 2.24) is 5.32 Å². The van der Waals surface area contributed by atoms with Crippen molar-refractivity contribution in [1.29, 1.82) is 0 Å². The highest BCUT2D eigenvalue weighted by Gasteiger charge is 2.31. The number of hydrogen-bond acceptors (Lipinski definition) is 2. The lowest BCUT2D eigenvalue weighted by atomic mass is 9.94. The summed E-state index contributed by atoms with van der Waals surface area (Å²) in [5, 5.41) is 3.07. The standard InChI is InChI=1S/C11H20BrNO2/c1-8(2)9(12)10(14)13-11(3)5-4-6-15-7-11/h8-9H,4-7H2,1-3H3,(H,13,14). The predicted molar refractivity (Wildman–Crippen MR) is 64.2 cm³/mol. The molecule has 15 heavy (non-hydrogen) atoms. The van der Waals surface area contributed by atoms with Crippen LogP contribution in [0.15, 0.2) is 0 Å². The smallest absolute Gasteiger partial charge is 0.234 e. The lowest BCUT2D eigenvalue weighted by Crippen LogP contribution is -2.54.